The summed E-state index contributed by atoms with van der Waals surface area (Å²) in [5.41, 5.74) is 0. The van der Waals surface area contributed by atoms with Crippen molar-refractivity contribution in [1.29, 1.82) is 0 Å². The highest BCUT2D eigenvalue weighted by molar-refractivity contribution is 5.81. The maximum atomic E-state index is 12.1. The Kier molecular flexibility index (Phi) is 33.5. The maximum absolute atomic E-state index is 12.1. The number of esters is 3. The molecule has 0 spiro atoms. The zero-order chi connectivity index (χ0) is 33.1. The predicted octanol–water partition coefficient (Wildman–Crippen LogP) is 10.1. The Morgan fingerprint density at radius 3 is 1.33 bits per heavy atom. The van der Waals surface area contributed by atoms with Crippen molar-refractivity contribution in [2.24, 2.45) is 0 Å². The summed E-state index contributed by atoms with van der Waals surface area (Å²) in [6.07, 6.45) is 32.4. The first kappa shape index (κ1) is 43.1. The van der Waals surface area contributed by atoms with E-state index in [-0.39, 0.29) is 31.1 Å². The molecule has 45 heavy (non-hydrogen) atoms. The lowest BCUT2D eigenvalue weighted by molar-refractivity contribution is -0.161. The van der Waals surface area contributed by atoms with E-state index in [1.54, 1.807) is 0 Å². The number of hydrogen-bond acceptors (Lipinski definition) is 7. The summed E-state index contributed by atoms with van der Waals surface area (Å²) in [5.74, 6) is -0.956. The summed E-state index contributed by atoms with van der Waals surface area (Å²) in [4.78, 5) is 35.1. The van der Waals surface area contributed by atoms with Gasteiger partial charge in [0.2, 0.25) is 0 Å². The van der Waals surface area contributed by atoms with E-state index in [2.05, 4.69) is 13.5 Å². The minimum atomic E-state index is -0.782. The minimum Gasteiger partial charge on any atom is -0.463 e. The number of aliphatic hydroxyl groups is 1. The van der Waals surface area contributed by atoms with E-state index >= 15 is 0 Å². The van der Waals surface area contributed by atoms with Gasteiger partial charge in [-0.1, -0.05) is 161 Å². The van der Waals surface area contributed by atoms with Crippen molar-refractivity contribution in [1.82, 2.24) is 0 Å². The van der Waals surface area contributed by atoms with E-state index in [4.69, 9.17) is 14.2 Å². The lowest BCUT2D eigenvalue weighted by Crippen LogP contribution is -2.28. The third-order valence-corrected chi connectivity index (χ3v) is 8.35. The molecular weight excluding hydrogens is 568 g/mol. The Balaban J connectivity index is 3.50. The van der Waals surface area contributed by atoms with Gasteiger partial charge in [-0.05, 0) is 19.3 Å². The largest absolute Gasteiger partial charge is 0.463 e. The van der Waals surface area contributed by atoms with Crippen molar-refractivity contribution in [3.05, 3.63) is 12.7 Å². The molecule has 0 aromatic carbocycles. The molecule has 0 aliphatic carbocycles. The van der Waals surface area contributed by atoms with Crippen LogP contribution in [0.25, 0.3) is 0 Å². The van der Waals surface area contributed by atoms with E-state index in [9.17, 15) is 19.5 Å². The fourth-order valence-electron chi connectivity index (χ4n) is 5.46. The molecule has 0 saturated carbocycles. The van der Waals surface area contributed by atoms with Crippen LogP contribution in [0.2, 0.25) is 0 Å². The summed E-state index contributed by atoms with van der Waals surface area (Å²) >= 11 is 0. The van der Waals surface area contributed by atoms with Crippen LogP contribution in [0.1, 0.15) is 187 Å². The molecule has 0 aliphatic heterocycles. The molecular formula is C38H70O7. The van der Waals surface area contributed by atoms with Gasteiger partial charge in [-0.3, -0.25) is 9.59 Å². The molecule has 1 atom stereocenters. The summed E-state index contributed by atoms with van der Waals surface area (Å²) in [6, 6.07) is 0. The highest BCUT2D eigenvalue weighted by Gasteiger charge is 2.16. The van der Waals surface area contributed by atoms with Gasteiger partial charge in [-0.25, -0.2) is 4.79 Å². The lowest BCUT2D eigenvalue weighted by Gasteiger charge is -2.15. The average molecular weight is 639 g/mol. The third kappa shape index (κ3) is 33.3. The van der Waals surface area contributed by atoms with Gasteiger partial charge in [-0.15, -0.1) is 0 Å². The van der Waals surface area contributed by atoms with Crippen molar-refractivity contribution in [2.75, 3.05) is 19.8 Å². The highest BCUT2D eigenvalue weighted by atomic mass is 16.6. The second-order valence-electron chi connectivity index (χ2n) is 12.7. The van der Waals surface area contributed by atoms with E-state index in [1.807, 2.05) is 0 Å². The molecule has 1 N–H and O–H groups in total. The topological polar surface area (TPSA) is 99.1 Å². The standard InChI is InChI=1S/C38H70O7/c1-3-5-6-7-8-9-10-12-15-18-21-24-27-30-37(41)44-34-35(33-39)45-38(42)31-28-25-22-19-16-13-11-14-17-20-23-26-29-32-43-36(40)4-2/h4,35,39H,2-3,5-34H2,1H3/t35-/m0/s1. The normalized spacial score (nSPS) is 11.7. The predicted molar refractivity (Wildman–Crippen MR) is 184 cm³/mol. The van der Waals surface area contributed by atoms with Crippen LogP contribution in [0.5, 0.6) is 0 Å². The number of rotatable bonds is 35. The van der Waals surface area contributed by atoms with Gasteiger partial charge in [-0.2, -0.15) is 0 Å². The summed E-state index contributed by atoms with van der Waals surface area (Å²) in [6.45, 7) is 5.71. The monoisotopic (exact) mass is 639 g/mol. The van der Waals surface area contributed by atoms with E-state index in [0.717, 1.165) is 51.4 Å². The Labute approximate surface area is 276 Å². The molecule has 0 aromatic rings. The van der Waals surface area contributed by atoms with Gasteiger partial charge < -0.3 is 19.3 Å². The van der Waals surface area contributed by atoms with Crippen molar-refractivity contribution >= 4 is 17.9 Å². The zero-order valence-electron chi connectivity index (χ0n) is 29.2. The summed E-state index contributed by atoms with van der Waals surface area (Å²) < 4.78 is 15.5. The SMILES string of the molecule is C=CC(=O)OCCCCCCCCCCCCCCCC(=O)O[C@@H](CO)COC(=O)CCCCCCCCCCCCCCC. The molecule has 0 radical (unpaired) electrons. The second-order valence-corrected chi connectivity index (χ2v) is 12.7. The average Bonchev–Trinajstić information content (AvgIpc) is 3.04. The van der Waals surface area contributed by atoms with Crippen LogP contribution in [-0.4, -0.2) is 48.9 Å². The number of carbonyl (C=O) groups excluding carboxylic acids is 3. The first-order valence-corrected chi connectivity index (χ1v) is 18.8. The fourth-order valence-corrected chi connectivity index (χ4v) is 5.46. The van der Waals surface area contributed by atoms with E-state index in [1.165, 1.54) is 122 Å². The van der Waals surface area contributed by atoms with Crippen LogP contribution in [0, 0.1) is 0 Å². The molecule has 7 nitrogen and oxygen atoms in total. The Hall–Kier alpha value is -1.89. The molecule has 7 heteroatoms. The molecule has 0 rings (SSSR count). The van der Waals surface area contributed by atoms with Crippen LogP contribution in [0.15, 0.2) is 12.7 Å². The number of ether oxygens (including phenoxy) is 3. The molecule has 0 heterocycles. The van der Waals surface area contributed by atoms with E-state index < -0.39 is 6.10 Å². The second kappa shape index (κ2) is 35.0. The molecule has 0 aliphatic rings. The van der Waals surface area contributed by atoms with Crippen LogP contribution in [0.4, 0.5) is 0 Å². The molecule has 0 fully saturated rings. The molecule has 264 valence electrons. The van der Waals surface area contributed by atoms with E-state index in [0.29, 0.717) is 19.4 Å². The van der Waals surface area contributed by atoms with Crippen LogP contribution in [0.3, 0.4) is 0 Å². The molecule has 0 amide bonds. The maximum Gasteiger partial charge on any atom is 0.330 e. The molecule has 0 bridgehead atoms. The van der Waals surface area contributed by atoms with Gasteiger partial charge in [0.05, 0.1) is 13.2 Å². The van der Waals surface area contributed by atoms with Crippen molar-refractivity contribution in [3.63, 3.8) is 0 Å². The lowest BCUT2D eigenvalue weighted by atomic mass is 10.0. The number of unbranched alkanes of at least 4 members (excludes halogenated alkanes) is 24. The Bertz CT molecular complexity index is 694. The van der Waals surface area contributed by atoms with Crippen LogP contribution >= 0.6 is 0 Å². The quantitative estimate of drug-likeness (QED) is 0.0319. The van der Waals surface area contributed by atoms with Gasteiger partial charge in [0, 0.05) is 18.9 Å². The van der Waals surface area contributed by atoms with Crippen LogP contribution in [-0.2, 0) is 28.6 Å². The molecule has 0 unspecified atom stereocenters. The number of hydrogen-bond donors (Lipinski definition) is 1. The third-order valence-electron chi connectivity index (χ3n) is 8.35. The molecule has 0 aromatic heterocycles. The first-order chi connectivity index (χ1) is 22.0. The van der Waals surface area contributed by atoms with Crippen LogP contribution < -0.4 is 0 Å². The number of carbonyl (C=O) groups is 3. The smallest absolute Gasteiger partial charge is 0.330 e. The zero-order valence-corrected chi connectivity index (χ0v) is 29.2. The number of aliphatic hydroxyl groups excluding tert-OH is 1. The van der Waals surface area contributed by atoms with Crippen molar-refractivity contribution < 1.29 is 33.7 Å². The van der Waals surface area contributed by atoms with Gasteiger partial charge in [0.25, 0.3) is 0 Å². The minimum absolute atomic E-state index is 0.0766. The summed E-state index contributed by atoms with van der Waals surface area (Å²) in [5, 5.41) is 9.53. The first-order valence-electron chi connectivity index (χ1n) is 18.8. The molecule has 0 saturated heterocycles. The Morgan fingerprint density at radius 2 is 0.933 bits per heavy atom. The van der Waals surface area contributed by atoms with Crippen molar-refractivity contribution in [2.45, 2.75) is 193 Å². The van der Waals surface area contributed by atoms with Gasteiger partial charge >= 0.3 is 17.9 Å². The Morgan fingerprint density at radius 1 is 0.556 bits per heavy atom. The van der Waals surface area contributed by atoms with Gasteiger partial charge in [0.15, 0.2) is 6.10 Å². The fraction of sp³-hybridized carbons (Fsp3) is 0.868. The summed E-state index contributed by atoms with van der Waals surface area (Å²) in [7, 11) is 0. The van der Waals surface area contributed by atoms with Crippen molar-refractivity contribution in [3.8, 4) is 0 Å². The highest BCUT2D eigenvalue weighted by Crippen LogP contribution is 2.15. The van der Waals surface area contributed by atoms with Gasteiger partial charge in [0.1, 0.15) is 6.61 Å².